The molecule has 2 atom stereocenters. The number of aliphatic hydroxyl groups excluding tert-OH is 2. The summed E-state index contributed by atoms with van der Waals surface area (Å²) in [6, 6.07) is 10.3. The standard InChI is InChI=1S/C12H18O2S/c1-2-12(15-9-11(14)8-13)10-6-4-3-5-7-10/h3-7,11-14H,2,8-9H2,1H3/t11-,12+/m0/s1. The van der Waals surface area contributed by atoms with E-state index in [1.807, 2.05) is 18.2 Å². The Kier molecular flexibility index (Phi) is 5.76. The zero-order chi connectivity index (χ0) is 11.1. The van der Waals surface area contributed by atoms with E-state index in [-0.39, 0.29) is 6.61 Å². The summed E-state index contributed by atoms with van der Waals surface area (Å²) in [6.45, 7) is 1.98. The Bertz CT molecular complexity index is 264. The molecular formula is C12H18O2S. The molecule has 84 valence electrons. The van der Waals surface area contributed by atoms with Crippen LogP contribution >= 0.6 is 11.8 Å². The highest BCUT2D eigenvalue weighted by Gasteiger charge is 2.11. The van der Waals surface area contributed by atoms with Crippen molar-refractivity contribution in [3.63, 3.8) is 0 Å². The van der Waals surface area contributed by atoms with Gasteiger partial charge in [0.05, 0.1) is 12.7 Å². The molecule has 0 radical (unpaired) electrons. The van der Waals surface area contributed by atoms with E-state index in [1.165, 1.54) is 5.56 Å². The van der Waals surface area contributed by atoms with Crippen LogP contribution in [0.2, 0.25) is 0 Å². The predicted molar refractivity (Wildman–Crippen MR) is 65.0 cm³/mol. The molecular weight excluding hydrogens is 208 g/mol. The van der Waals surface area contributed by atoms with Gasteiger partial charge in [-0.3, -0.25) is 0 Å². The van der Waals surface area contributed by atoms with Crippen molar-refractivity contribution in [2.45, 2.75) is 24.7 Å². The molecule has 0 bridgehead atoms. The highest BCUT2D eigenvalue weighted by Crippen LogP contribution is 2.31. The molecule has 0 saturated heterocycles. The number of rotatable bonds is 6. The molecule has 0 heterocycles. The molecule has 15 heavy (non-hydrogen) atoms. The van der Waals surface area contributed by atoms with Gasteiger partial charge in [-0.2, -0.15) is 11.8 Å². The van der Waals surface area contributed by atoms with Crippen LogP contribution in [0.25, 0.3) is 0 Å². The summed E-state index contributed by atoms with van der Waals surface area (Å²) < 4.78 is 0. The first-order valence-corrected chi connectivity index (χ1v) is 6.28. The van der Waals surface area contributed by atoms with Crippen LogP contribution in [0.1, 0.15) is 24.2 Å². The second kappa shape index (κ2) is 6.88. The van der Waals surface area contributed by atoms with E-state index in [2.05, 4.69) is 19.1 Å². The molecule has 1 aromatic carbocycles. The molecule has 2 N–H and O–H groups in total. The second-order valence-electron chi connectivity index (χ2n) is 3.48. The van der Waals surface area contributed by atoms with Gasteiger partial charge in [0.1, 0.15) is 0 Å². The number of thioether (sulfide) groups is 1. The smallest absolute Gasteiger partial charge is 0.0861 e. The third kappa shape index (κ3) is 4.24. The summed E-state index contributed by atoms with van der Waals surface area (Å²) in [4.78, 5) is 0. The first kappa shape index (κ1) is 12.6. The first-order chi connectivity index (χ1) is 7.27. The minimum absolute atomic E-state index is 0.155. The zero-order valence-electron chi connectivity index (χ0n) is 8.97. The van der Waals surface area contributed by atoms with Crippen LogP contribution in [0.15, 0.2) is 30.3 Å². The fraction of sp³-hybridized carbons (Fsp3) is 0.500. The third-order valence-corrected chi connectivity index (χ3v) is 3.83. The molecule has 0 spiro atoms. The predicted octanol–water partition coefficient (Wildman–Crippen LogP) is 2.22. The Morgan fingerprint density at radius 3 is 2.47 bits per heavy atom. The summed E-state index contributed by atoms with van der Waals surface area (Å²) in [7, 11) is 0. The van der Waals surface area contributed by atoms with Crippen molar-refractivity contribution < 1.29 is 10.2 Å². The van der Waals surface area contributed by atoms with Gasteiger partial charge in [-0.15, -0.1) is 0 Å². The molecule has 0 aliphatic rings. The van der Waals surface area contributed by atoms with Gasteiger partial charge in [0, 0.05) is 11.0 Å². The molecule has 3 heteroatoms. The molecule has 0 fully saturated rings. The average molecular weight is 226 g/mol. The Labute approximate surface area is 95.3 Å². The quantitative estimate of drug-likeness (QED) is 0.781. The van der Waals surface area contributed by atoms with E-state index in [0.717, 1.165) is 6.42 Å². The highest BCUT2D eigenvalue weighted by molar-refractivity contribution is 7.99. The van der Waals surface area contributed by atoms with Crippen LogP contribution in [-0.2, 0) is 0 Å². The van der Waals surface area contributed by atoms with Crippen molar-refractivity contribution in [2.24, 2.45) is 0 Å². The van der Waals surface area contributed by atoms with E-state index in [1.54, 1.807) is 11.8 Å². The molecule has 0 amide bonds. The summed E-state index contributed by atoms with van der Waals surface area (Å²) in [5.41, 5.74) is 1.29. The molecule has 0 unspecified atom stereocenters. The summed E-state index contributed by atoms with van der Waals surface area (Å²) >= 11 is 1.70. The Morgan fingerprint density at radius 2 is 1.93 bits per heavy atom. The van der Waals surface area contributed by atoms with Crippen molar-refractivity contribution in [3.8, 4) is 0 Å². The van der Waals surface area contributed by atoms with Gasteiger partial charge in [-0.1, -0.05) is 37.3 Å². The number of hydrogen-bond donors (Lipinski definition) is 2. The van der Waals surface area contributed by atoms with Gasteiger partial charge in [-0.25, -0.2) is 0 Å². The number of benzene rings is 1. The number of aliphatic hydroxyl groups is 2. The Morgan fingerprint density at radius 1 is 1.27 bits per heavy atom. The normalized spacial score (nSPS) is 14.9. The van der Waals surface area contributed by atoms with Crippen LogP contribution in [0.4, 0.5) is 0 Å². The van der Waals surface area contributed by atoms with Gasteiger partial charge < -0.3 is 10.2 Å². The van der Waals surface area contributed by atoms with Crippen LogP contribution < -0.4 is 0 Å². The van der Waals surface area contributed by atoms with E-state index in [4.69, 9.17) is 5.11 Å². The maximum absolute atomic E-state index is 9.28. The van der Waals surface area contributed by atoms with Crippen molar-refractivity contribution in [2.75, 3.05) is 12.4 Å². The zero-order valence-corrected chi connectivity index (χ0v) is 9.78. The fourth-order valence-corrected chi connectivity index (χ4v) is 2.54. The van der Waals surface area contributed by atoms with Crippen LogP contribution in [0.5, 0.6) is 0 Å². The van der Waals surface area contributed by atoms with Crippen molar-refractivity contribution in [1.29, 1.82) is 0 Å². The van der Waals surface area contributed by atoms with Gasteiger partial charge in [0.25, 0.3) is 0 Å². The lowest BCUT2D eigenvalue weighted by atomic mass is 10.1. The van der Waals surface area contributed by atoms with E-state index in [9.17, 15) is 5.11 Å². The maximum atomic E-state index is 9.28. The minimum atomic E-state index is -0.604. The van der Waals surface area contributed by atoms with Crippen molar-refractivity contribution in [3.05, 3.63) is 35.9 Å². The van der Waals surface area contributed by atoms with Crippen LogP contribution in [-0.4, -0.2) is 28.7 Å². The molecule has 1 rings (SSSR count). The monoisotopic (exact) mass is 226 g/mol. The maximum Gasteiger partial charge on any atom is 0.0861 e. The fourth-order valence-electron chi connectivity index (χ4n) is 1.40. The lowest BCUT2D eigenvalue weighted by Gasteiger charge is -2.16. The van der Waals surface area contributed by atoms with E-state index < -0.39 is 6.10 Å². The average Bonchev–Trinajstić information content (AvgIpc) is 2.31. The third-order valence-electron chi connectivity index (χ3n) is 2.24. The van der Waals surface area contributed by atoms with Gasteiger partial charge >= 0.3 is 0 Å². The Balaban J connectivity index is 2.50. The Hall–Kier alpha value is -0.510. The molecule has 0 aliphatic heterocycles. The SMILES string of the molecule is CC[C@@H](SC[C@@H](O)CO)c1ccccc1. The molecule has 1 aromatic rings. The lowest BCUT2D eigenvalue weighted by molar-refractivity contribution is 0.113. The second-order valence-corrected chi connectivity index (χ2v) is 4.71. The highest BCUT2D eigenvalue weighted by atomic mass is 32.2. The lowest BCUT2D eigenvalue weighted by Crippen LogP contribution is -2.15. The van der Waals surface area contributed by atoms with E-state index >= 15 is 0 Å². The minimum Gasteiger partial charge on any atom is -0.394 e. The van der Waals surface area contributed by atoms with Crippen LogP contribution in [0.3, 0.4) is 0 Å². The summed E-state index contributed by atoms with van der Waals surface area (Å²) in [5.74, 6) is 0.587. The first-order valence-electron chi connectivity index (χ1n) is 5.23. The van der Waals surface area contributed by atoms with Gasteiger partial charge in [0.15, 0.2) is 0 Å². The summed E-state index contributed by atoms with van der Waals surface area (Å²) in [5, 5.41) is 18.4. The van der Waals surface area contributed by atoms with Crippen molar-refractivity contribution in [1.82, 2.24) is 0 Å². The molecule has 0 saturated carbocycles. The van der Waals surface area contributed by atoms with Gasteiger partial charge in [0.2, 0.25) is 0 Å². The number of hydrogen-bond acceptors (Lipinski definition) is 3. The van der Waals surface area contributed by atoms with Crippen molar-refractivity contribution >= 4 is 11.8 Å². The van der Waals surface area contributed by atoms with E-state index in [0.29, 0.717) is 11.0 Å². The topological polar surface area (TPSA) is 40.5 Å². The summed E-state index contributed by atoms with van der Waals surface area (Å²) in [6.07, 6.45) is 0.431. The molecule has 0 aliphatic carbocycles. The molecule has 2 nitrogen and oxygen atoms in total. The van der Waals surface area contributed by atoms with Gasteiger partial charge in [-0.05, 0) is 12.0 Å². The largest absolute Gasteiger partial charge is 0.394 e. The van der Waals surface area contributed by atoms with Crippen LogP contribution in [0, 0.1) is 0 Å². The molecule has 0 aromatic heterocycles.